The average Bonchev–Trinajstić information content (AvgIpc) is 2.32. The Kier molecular flexibility index (Phi) is 4.91. The fourth-order valence-electron chi connectivity index (χ4n) is 4.07. The van der Waals surface area contributed by atoms with Gasteiger partial charge in [-0.3, -0.25) is 4.90 Å². The van der Waals surface area contributed by atoms with E-state index in [1.807, 2.05) is 6.92 Å². The van der Waals surface area contributed by atoms with E-state index >= 15 is 0 Å². The Hall–Kier alpha value is -0.120. The van der Waals surface area contributed by atoms with E-state index in [-0.39, 0.29) is 0 Å². The largest absolute Gasteiger partial charge is 0.389 e. The lowest BCUT2D eigenvalue weighted by molar-refractivity contribution is -0.0342. The van der Waals surface area contributed by atoms with E-state index in [0.717, 1.165) is 44.9 Å². The predicted molar refractivity (Wildman–Crippen MR) is 80.3 cm³/mol. The van der Waals surface area contributed by atoms with Crippen LogP contribution in [0.3, 0.4) is 0 Å². The van der Waals surface area contributed by atoms with Gasteiger partial charge in [0.1, 0.15) is 0 Å². The molecule has 0 radical (unpaired) electrons. The number of piperidine rings is 1. The summed E-state index contributed by atoms with van der Waals surface area (Å²) in [4.78, 5) is 2.51. The highest BCUT2D eigenvalue weighted by Crippen LogP contribution is 2.39. The van der Waals surface area contributed by atoms with Crippen LogP contribution >= 0.6 is 0 Å². The van der Waals surface area contributed by atoms with Crippen molar-refractivity contribution in [3.63, 3.8) is 0 Å². The highest BCUT2D eigenvalue weighted by Gasteiger charge is 2.37. The third-order valence-electron chi connectivity index (χ3n) is 5.20. The first-order valence-electron chi connectivity index (χ1n) is 8.04. The average molecular weight is 268 g/mol. The van der Waals surface area contributed by atoms with Crippen LogP contribution in [0, 0.1) is 11.3 Å². The van der Waals surface area contributed by atoms with Gasteiger partial charge in [0.15, 0.2) is 0 Å². The van der Waals surface area contributed by atoms with Gasteiger partial charge in [-0.05, 0) is 57.5 Å². The van der Waals surface area contributed by atoms with Crippen molar-refractivity contribution >= 4 is 0 Å². The molecule has 0 aromatic rings. The molecule has 1 heterocycles. The first kappa shape index (κ1) is 15.3. The molecule has 0 amide bonds. The molecule has 3 nitrogen and oxygen atoms in total. The van der Waals surface area contributed by atoms with Crippen LogP contribution in [0.15, 0.2) is 0 Å². The Labute approximate surface area is 118 Å². The maximum Gasteiger partial charge on any atom is 0.0746 e. The van der Waals surface area contributed by atoms with Crippen LogP contribution in [0.5, 0.6) is 0 Å². The summed E-state index contributed by atoms with van der Waals surface area (Å²) < 4.78 is 0. The van der Waals surface area contributed by atoms with Crippen molar-refractivity contribution in [2.75, 3.05) is 33.2 Å². The minimum atomic E-state index is -0.471. The van der Waals surface area contributed by atoms with Gasteiger partial charge in [-0.2, -0.15) is 0 Å². The lowest BCUT2D eigenvalue weighted by Gasteiger charge is -2.46. The lowest BCUT2D eigenvalue weighted by Crippen LogP contribution is -2.52. The summed E-state index contributed by atoms with van der Waals surface area (Å²) in [6.07, 6.45) is 7.51. The molecule has 0 aromatic carbocycles. The molecule has 2 rings (SSSR count). The van der Waals surface area contributed by atoms with Gasteiger partial charge in [0, 0.05) is 19.6 Å². The van der Waals surface area contributed by atoms with Crippen LogP contribution in [0.25, 0.3) is 0 Å². The molecular formula is C16H32N2O. The van der Waals surface area contributed by atoms with Crippen LogP contribution < -0.4 is 5.32 Å². The molecule has 2 fully saturated rings. The van der Waals surface area contributed by atoms with Gasteiger partial charge in [-0.1, -0.05) is 19.8 Å². The van der Waals surface area contributed by atoms with E-state index in [0.29, 0.717) is 5.41 Å². The standard InChI is InChI=1S/C16H32N2O/c1-14-5-8-16(9-6-14,11-17-3)13-18-10-4-7-15(2,19)12-18/h14,17,19H,4-13H2,1-3H3. The lowest BCUT2D eigenvalue weighted by atomic mass is 9.70. The zero-order valence-electron chi connectivity index (χ0n) is 13.0. The summed E-state index contributed by atoms with van der Waals surface area (Å²) in [6, 6.07) is 0. The van der Waals surface area contributed by atoms with Gasteiger partial charge in [-0.25, -0.2) is 0 Å². The second-order valence-electron chi connectivity index (χ2n) is 7.52. The number of likely N-dealkylation sites (tertiary alicyclic amines) is 1. The van der Waals surface area contributed by atoms with Gasteiger partial charge >= 0.3 is 0 Å². The molecule has 1 saturated carbocycles. The summed E-state index contributed by atoms with van der Waals surface area (Å²) in [7, 11) is 2.08. The minimum absolute atomic E-state index is 0.439. The minimum Gasteiger partial charge on any atom is -0.389 e. The van der Waals surface area contributed by atoms with Crippen molar-refractivity contribution in [2.24, 2.45) is 11.3 Å². The quantitative estimate of drug-likeness (QED) is 0.821. The van der Waals surface area contributed by atoms with Crippen molar-refractivity contribution in [1.29, 1.82) is 0 Å². The number of rotatable bonds is 4. The number of aliphatic hydroxyl groups is 1. The normalized spacial score (nSPS) is 41.4. The summed E-state index contributed by atoms with van der Waals surface area (Å²) in [6.45, 7) is 8.68. The third-order valence-corrected chi connectivity index (χ3v) is 5.20. The molecule has 1 atom stereocenters. The van der Waals surface area contributed by atoms with Crippen molar-refractivity contribution in [2.45, 2.75) is 58.0 Å². The SMILES string of the molecule is CNCC1(CN2CCCC(C)(O)C2)CCC(C)CC1. The Bertz CT molecular complexity index is 282. The van der Waals surface area contributed by atoms with Crippen LogP contribution in [-0.4, -0.2) is 48.8 Å². The number of β-amino-alcohol motifs (C(OH)–C–C–N with tert-alkyl or cyclic N) is 1. The molecular weight excluding hydrogens is 236 g/mol. The Morgan fingerprint density at radius 2 is 1.95 bits per heavy atom. The predicted octanol–water partition coefficient (Wildman–Crippen LogP) is 2.25. The van der Waals surface area contributed by atoms with E-state index in [4.69, 9.17) is 0 Å². The summed E-state index contributed by atoms with van der Waals surface area (Å²) >= 11 is 0. The summed E-state index contributed by atoms with van der Waals surface area (Å²) in [5, 5.41) is 13.7. The Morgan fingerprint density at radius 3 is 2.53 bits per heavy atom. The first-order valence-corrected chi connectivity index (χ1v) is 8.04. The summed E-state index contributed by atoms with van der Waals surface area (Å²) in [5.74, 6) is 0.898. The van der Waals surface area contributed by atoms with E-state index in [2.05, 4.69) is 24.2 Å². The fraction of sp³-hybridized carbons (Fsp3) is 1.00. The van der Waals surface area contributed by atoms with E-state index in [1.54, 1.807) is 0 Å². The molecule has 0 bridgehead atoms. The molecule has 1 unspecified atom stereocenters. The number of nitrogens with zero attached hydrogens (tertiary/aromatic N) is 1. The van der Waals surface area contributed by atoms with Gasteiger partial charge < -0.3 is 10.4 Å². The number of nitrogens with one attached hydrogen (secondary N) is 1. The topological polar surface area (TPSA) is 35.5 Å². The monoisotopic (exact) mass is 268 g/mol. The van der Waals surface area contributed by atoms with E-state index in [9.17, 15) is 5.11 Å². The van der Waals surface area contributed by atoms with Gasteiger partial charge in [0.2, 0.25) is 0 Å². The van der Waals surface area contributed by atoms with Crippen molar-refractivity contribution in [3.8, 4) is 0 Å². The smallest absolute Gasteiger partial charge is 0.0746 e. The molecule has 0 aromatic heterocycles. The van der Waals surface area contributed by atoms with Crippen LogP contribution in [0.4, 0.5) is 0 Å². The molecule has 3 heteroatoms. The second-order valence-corrected chi connectivity index (χ2v) is 7.52. The maximum atomic E-state index is 10.3. The molecule has 112 valence electrons. The highest BCUT2D eigenvalue weighted by molar-refractivity contribution is 4.92. The van der Waals surface area contributed by atoms with Crippen molar-refractivity contribution in [1.82, 2.24) is 10.2 Å². The van der Waals surface area contributed by atoms with Crippen molar-refractivity contribution in [3.05, 3.63) is 0 Å². The van der Waals surface area contributed by atoms with Crippen LogP contribution in [0.1, 0.15) is 52.4 Å². The zero-order valence-corrected chi connectivity index (χ0v) is 13.0. The zero-order chi connectivity index (χ0) is 13.9. The molecule has 1 aliphatic heterocycles. The van der Waals surface area contributed by atoms with Crippen LogP contribution in [-0.2, 0) is 0 Å². The van der Waals surface area contributed by atoms with Crippen LogP contribution in [0.2, 0.25) is 0 Å². The highest BCUT2D eigenvalue weighted by atomic mass is 16.3. The van der Waals surface area contributed by atoms with Crippen molar-refractivity contribution < 1.29 is 5.11 Å². The molecule has 19 heavy (non-hydrogen) atoms. The maximum absolute atomic E-state index is 10.3. The van der Waals surface area contributed by atoms with Gasteiger partial charge in [0.05, 0.1) is 5.60 Å². The molecule has 2 N–H and O–H groups in total. The number of hydrogen-bond donors (Lipinski definition) is 2. The third kappa shape index (κ3) is 4.17. The summed E-state index contributed by atoms with van der Waals surface area (Å²) in [5.41, 5.74) is -0.0320. The molecule has 1 saturated heterocycles. The molecule has 0 spiro atoms. The van der Waals surface area contributed by atoms with Gasteiger partial charge in [-0.15, -0.1) is 0 Å². The van der Waals surface area contributed by atoms with E-state index in [1.165, 1.54) is 25.7 Å². The Morgan fingerprint density at radius 1 is 1.26 bits per heavy atom. The second kappa shape index (κ2) is 6.11. The molecule has 1 aliphatic carbocycles. The van der Waals surface area contributed by atoms with Gasteiger partial charge in [0.25, 0.3) is 0 Å². The Balaban J connectivity index is 1.96. The first-order chi connectivity index (χ1) is 8.95. The number of hydrogen-bond acceptors (Lipinski definition) is 3. The fourth-order valence-corrected chi connectivity index (χ4v) is 4.07. The van der Waals surface area contributed by atoms with E-state index < -0.39 is 5.60 Å². The molecule has 2 aliphatic rings.